The van der Waals surface area contributed by atoms with Gasteiger partial charge in [0.1, 0.15) is 12.0 Å². The SMILES string of the molecule is COc1ncnc(C2CC2)c1-c1nnn2c1CNCC2. The molecule has 1 fully saturated rings. The lowest BCUT2D eigenvalue weighted by Crippen LogP contribution is -2.28. The van der Waals surface area contributed by atoms with Crippen LogP contribution >= 0.6 is 0 Å². The van der Waals surface area contributed by atoms with Gasteiger partial charge in [-0.25, -0.2) is 14.6 Å². The van der Waals surface area contributed by atoms with Gasteiger partial charge in [0.05, 0.1) is 30.6 Å². The van der Waals surface area contributed by atoms with E-state index in [1.54, 1.807) is 13.4 Å². The van der Waals surface area contributed by atoms with E-state index in [0.717, 1.165) is 42.3 Å². The van der Waals surface area contributed by atoms with Crippen LogP contribution in [0.15, 0.2) is 6.33 Å². The topological polar surface area (TPSA) is 77.8 Å². The molecule has 0 unspecified atom stereocenters. The average Bonchev–Trinajstić information content (AvgIpc) is 3.26. The summed E-state index contributed by atoms with van der Waals surface area (Å²) in [6.07, 6.45) is 3.92. The van der Waals surface area contributed by atoms with Gasteiger partial charge in [-0.2, -0.15) is 0 Å². The molecule has 20 heavy (non-hydrogen) atoms. The van der Waals surface area contributed by atoms with Crippen molar-refractivity contribution in [2.45, 2.75) is 31.8 Å². The van der Waals surface area contributed by atoms with E-state index in [-0.39, 0.29) is 0 Å². The summed E-state index contributed by atoms with van der Waals surface area (Å²) in [5.74, 6) is 1.10. The molecule has 2 aromatic heterocycles. The minimum atomic E-state index is 0.510. The van der Waals surface area contributed by atoms with Crippen molar-refractivity contribution in [1.29, 1.82) is 0 Å². The first-order valence-electron chi connectivity index (χ1n) is 6.91. The average molecular weight is 272 g/mol. The number of methoxy groups -OCH3 is 1. The van der Waals surface area contributed by atoms with Crippen LogP contribution in [0, 0.1) is 0 Å². The number of aromatic nitrogens is 5. The first-order valence-corrected chi connectivity index (χ1v) is 6.91. The van der Waals surface area contributed by atoms with Gasteiger partial charge in [0.25, 0.3) is 0 Å². The van der Waals surface area contributed by atoms with Crippen LogP contribution in [0.4, 0.5) is 0 Å². The Balaban J connectivity index is 1.90. The highest BCUT2D eigenvalue weighted by molar-refractivity contribution is 5.70. The normalized spacial score (nSPS) is 17.9. The van der Waals surface area contributed by atoms with Crippen LogP contribution in [0.1, 0.15) is 30.1 Å². The van der Waals surface area contributed by atoms with Crippen LogP contribution in [0.25, 0.3) is 11.3 Å². The molecule has 1 aliphatic carbocycles. The molecule has 3 heterocycles. The van der Waals surface area contributed by atoms with Gasteiger partial charge in [0.15, 0.2) is 0 Å². The van der Waals surface area contributed by atoms with E-state index in [4.69, 9.17) is 4.74 Å². The van der Waals surface area contributed by atoms with Crippen LogP contribution in [-0.2, 0) is 13.1 Å². The number of nitrogens with zero attached hydrogens (tertiary/aromatic N) is 5. The Morgan fingerprint density at radius 2 is 2.25 bits per heavy atom. The van der Waals surface area contributed by atoms with Crippen LogP contribution in [0.3, 0.4) is 0 Å². The smallest absolute Gasteiger partial charge is 0.226 e. The van der Waals surface area contributed by atoms with Gasteiger partial charge in [-0.05, 0) is 12.8 Å². The number of hydrogen-bond acceptors (Lipinski definition) is 6. The van der Waals surface area contributed by atoms with Crippen LogP contribution in [0.2, 0.25) is 0 Å². The van der Waals surface area contributed by atoms with Crippen molar-refractivity contribution in [3.63, 3.8) is 0 Å². The molecule has 2 aromatic rings. The Labute approximate surface area is 116 Å². The van der Waals surface area contributed by atoms with Crippen molar-refractivity contribution in [2.75, 3.05) is 13.7 Å². The summed E-state index contributed by atoms with van der Waals surface area (Å²) < 4.78 is 7.38. The molecule has 7 nitrogen and oxygen atoms in total. The molecule has 0 bridgehead atoms. The molecular formula is C13H16N6O. The fourth-order valence-corrected chi connectivity index (χ4v) is 2.70. The molecule has 4 rings (SSSR count). The second kappa shape index (κ2) is 4.52. The van der Waals surface area contributed by atoms with Crippen molar-refractivity contribution in [2.24, 2.45) is 0 Å². The molecule has 2 aliphatic rings. The van der Waals surface area contributed by atoms with Crippen molar-refractivity contribution in [3.8, 4) is 17.1 Å². The number of nitrogens with one attached hydrogen (secondary N) is 1. The molecule has 0 saturated heterocycles. The summed E-state index contributed by atoms with van der Waals surface area (Å²) in [6, 6.07) is 0. The van der Waals surface area contributed by atoms with E-state index >= 15 is 0 Å². The Hall–Kier alpha value is -2.02. The minimum absolute atomic E-state index is 0.510. The van der Waals surface area contributed by atoms with Crippen molar-refractivity contribution < 1.29 is 4.74 Å². The largest absolute Gasteiger partial charge is 0.480 e. The summed E-state index contributed by atoms with van der Waals surface area (Å²) >= 11 is 0. The summed E-state index contributed by atoms with van der Waals surface area (Å²) in [6.45, 7) is 2.54. The van der Waals surface area contributed by atoms with Gasteiger partial charge in [0.2, 0.25) is 5.88 Å². The molecule has 0 aromatic carbocycles. The summed E-state index contributed by atoms with van der Waals surface area (Å²) in [5.41, 5.74) is 3.91. The van der Waals surface area contributed by atoms with E-state index in [0.29, 0.717) is 11.8 Å². The quantitative estimate of drug-likeness (QED) is 0.887. The lowest BCUT2D eigenvalue weighted by atomic mass is 10.1. The number of rotatable bonds is 3. The highest BCUT2D eigenvalue weighted by atomic mass is 16.5. The second-order valence-corrected chi connectivity index (χ2v) is 5.20. The fourth-order valence-electron chi connectivity index (χ4n) is 2.70. The predicted molar refractivity (Wildman–Crippen MR) is 71.3 cm³/mol. The van der Waals surface area contributed by atoms with Gasteiger partial charge in [0, 0.05) is 19.0 Å². The van der Waals surface area contributed by atoms with E-state index in [1.807, 2.05) is 4.68 Å². The molecule has 0 radical (unpaired) electrons. The second-order valence-electron chi connectivity index (χ2n) is 5.20. The molecule has 1 aliphatic heterocycles. The maximum atomic E-state index is 5.43. The van der Waals surface area contributed by atoms with E-state index < -0.39 is 0 Å². The third-order valence-electron chi connectivity index (χ3n) is 3.87. The van der Waals surface area contributed by atoms with Gasteiger partial charge in [-0.1, -0.05) is 5.21 Å². The summed E-state index contributed by atoms with van der Waals surface area (Å²) in [5, 5.41) is 12.0. The van der Waals surface area contributed by atoms with E-state index in [9.17, 15) is 0 Å². The van der Waals surface area contributed by atoms with Gasteiger partial charge in [-0.3, -0.25) is 0 Å². The monoisotopic (exact) mass is 272 g/mol. The zero-order valence-electron chi connectivity index (χ0n) is 11.3. The highest BCUT2D eigenvalue weighted by Gasteiger charge is 2.32. The molecule has 0 amide bonds. The fraction of sp³-hybridized carbons (Fsp3) is 0.538. The maximum Gasteiger partial charge on any atom is 0.226 e. The Kier molecular flexibility index (Phi) is 2.66. The lowest BCUT2D eigenvalue weighted by molar-refractivity contribution is 0.397. The zero-order valence-corrected chi connectivity index (χ0v) is 11.3. The zero-order chi connectivity index (χ0) is 13.5. The van der Waals surface area contributed by atoms with Crippen molar-refractivity contribution >= 4 is 0 Å². The lowest BCUT2D eigenvalue weighted by Gasteiger charge is -2.16. The van der Waals surface area contributed by atoms with Gasteiger partial charge < -0.3 is 10.1 Å². The van der Waals surface area contributed by atoms with E-state index in [2.05, 4.69) is 25.6 Å². The molecule has 104 valence electrons. The minimum Gasteiger partial charge on any atom is -0.480 e. The van der Waals surface area contributed by atoms with Gasteiger partial charge in [-0.15, -0.1) is 5.10 Å². The molecule has 7 heteroatoms. The first kappa shape index (κ1) is 11.8. The van der Waals surface area contributed by atoms with Crippen LogP contribution < -0.4 is 10.1 Å². The molecule has 1 N–H and O–H groups in total. The summed E-state index contributed by atoms with van der Waals surface area (Å²) in [7, 11) is 1.64. The molecule has 0 spiro atoms. The number of fused-ring (bicyclic) bond motifs is 1. The van der Waals surface area contributed by atoms with Crippen LogP contribution in [0.5, 0.6) is 5.88 Å². The van der Waals surface area contributed by atoms with E-state index in [1.165, 1.54) is 12.8 Å². The first-order chi connectivity index (χ1) is 9.88. The highest BCUT2D eigenvalue weighted by Crippen LogP contribution is 2.45. The predicted octanol–water partition coefficient (Wildman–Crippen LogP) is 0.724. The molecule has 1 saturated carbocycles. The Morgan fingerprint density at radius 3 is 3.05 bits per heavy atom. The third kappa shape index (κ3) is 1.77. The maximum absolute atomic E-state index is 5.43. The molecule has 0 atom stereocenters. The Morgan fingerprint density at radius 1 is 1.35 bits per heavy atom. The number of ether oxygens (including phenoxy) is 1. The standard InChI is InChI=1S/C13H16N6O/c1-20-13-10(11(8-2-3-8)15-7-16-13)12-9-6-14-4-5-19(9)18-17-12/h7-8,14H,2-6H2,1H3. The Bertz CT molecular complexity index is 648. The van der Waals surface area contributed by atoms with Crippen LogP contribution in [-0.4, -0.2) is 38.6 Å². The molecular weight excluding hydrogens is 256 g/mol. The van der Waals surface area contributed by atoms with Crippen molar-refractivity contribution in [3.05, 3.63) is 17.7 Å². The third-order valence-corrected chi connectivity index (χ3v) is 3.87. The van der Waals surface area contributed by atoms with Gasteiger partial charge >= 0.3 is 0 Å². The summed E-state index contributed by atoms with van der Waals surface area (Å²) in [4.78, 5) is 8.71. The number of hydrogen-bond donors (Lipinski definition) is 1. The van der Waals surface area contributed by atoms with Crippen molar-refractivity contribution in [1.82, 2.24) is 30.3 Å².